The number of thiol groups is 2. The average Bonchev–Trinajstić information content (AvgIpc) is 1.73. The molecule has 0 aliphatic carbocycles. The summed E-state index contributed by atoms with van der Waals surface area (Å²) in [4.78, 5) is 189. The fourth-order valence-electron chi connectivity index (χ4n) is 10.6. The lowest BCUT2D eigenvalue weighted by molar-refractivity contribution is -0.143. The van der Waals surface area contributed by atoms with Crippen molar-refractivity contribution in [3.63, 3.8) is 0 Å². The molecule has 5 rings (SSSR count). The van der Waals surface area contributed by atoms with Gasteiger partial charge in [0, 0.05) is 72.6 Å². The summed E-state index contributed by atoms with van der Waals surface area (Å²) in [6.07, 6.45) is 1.13. The molecule has 35 heteroatoms. The average molecular weight is 1470 g/mol. The van der Waals surface area contributed by atoms with E-state index in [2.05, 4.69) is 98.7 Å². The molecule has 0 bridgehead atoms. The van der Waals surface area contributed by atoms with Gasteiger partial charge in [0.2, 0.25) is 70.9 Å². The number of aromatic amines is 2. The van der Waals surface area contributed by atoms with E-state index in [-0.39, 0.29) is 67.6 Å². The molecule has 33 nitrogen and oxygen atoms in total. The largest absolute Gasteiger partial charge is 0.508 e. The minimum Gasteiger partial charge on any atom is -0.508 e. The van der Waals surface area contributed by atoms with Crippen molar-refractivity contribution in [3.8, 4) is 5.75 Å². The quantitative estimate of drug-likeness (QED) is 0.0176. The minimum absolute atomic E-state index is 0.0166. The number of benzene rings is 3. The Hall–Kier alpha value is -10.1. The zero-order valence-corrected chi connectivity index (χ0v) is 59.6. The van der Waals surface area contributed by atoms with Crippen LogP contribution in [0.2, 0.25) is 0 Å². The highest BCUT2D eigenvalue weighted by atomic mass is 32.1. The first-order chi connectivity index (χ1) is 48.8. The van der Waals surface area contributed by atoms with E-state index in [1.54, 1.807) is 74.6 Å². The first-order valence-electron chi connectivity index (χ1n) is 33.3. The molecule has 13 atom stereocenters. The third-order valence-corrected chi connectivity index (χ3v) is 17.0. The molecule has 103 heavy (non-hydrogen) atoms. The van der Waals surface area contributed by atoms with E-state index >= 15 is 4.79 Å². The topological polar surface area (TPSA) is 532 Å². The molecule has 0 fully saturated rings. The predicted octanol–water partition coefficient (Wildman–Crippen LogP) is -2.78. The summed E-state index contributed by atoms with van der Waals surface area (Å²) in [6, 6.07) is 3.06. The van der Waals surface area contributed by atoms with Crippen LogP contribution in [0.1, 0.15) is 89.6 Å². The van der Waals surface area contributed by atoms with Crippen LogP contribution in [0.4, 0.5) is 0 Å². The third-order valence-electron chi connectivity index (χ3n) is 16.2. The number of hydrogen-bond acceptors (Lipinski definition) is 20. The number of carboxylic acids is 1. The number of amides is 12. The van der Waals surface area contributed by atoms with Gasteiger partial charge in [-0.3, -0.25) is 57.5 Å². The first kappa shape index (κ1) is 83.6. The van der Waals surface area contributed by atoms with Crippen molar-refractivity contribution in [1.29, 1.82) is 0 Å². The molecule has 0 saturated carbocycles. The van der Waals surface area contributed by atoms with E-state index in [1.165, 1.54) is 50.6 Å². The number of fused-ring (bicyclic) bond motifs is 1. The summed E-state index contributed by atoms with van der Waals surface area (Å²) >= 11 is 8.47. The first-order valence-corrected chi connectivity index (χ1v) is 34.5. The fourth-order valence-corrected chi connectivity index (χ4v) is 11.2. The van der Waals surface area contributed by atoms with E-state index in [0.29, 0.717) is 33.3 Å². The normalized spacial score (nSPS) is 15.1. The molecule has 2 heterocycles. The van der Waals surface area contributed by atoms with Crippen LogP contribution in [0.25, 0.3) is 10.9 Å². The van der Waals surface area contributed by atoms with Gasteiger partial charge in [-0.2, -0.15) is 25.3 Å². The van der Waals surface area contributed by atoms with Crippen LogP contribution < -0.4 is 70.0 Å². The number of imidazole rings is 1. The van der Waals surface area contributed by atoms with Crippen LogP contribution in [-0.4, -0.2) is 209 Å². The van der Waals surface area contributed by atoms with Crippen LogP contribution in [0.5, 0.6) is 5.75 Å². The summed E-state index contributed by atoms with van der Waals surface area (Å²) in [5.74, 6) is -14.0. The molecule has 0 saturated heterocycles. The Balaban J connectivity index is 1.42. The molecule has 560 valence electrons. The van der Waals surface area contributed by atoms with E-state index in [4.69, 9.17) is 11.5 Å². The van der Waals surface area contributed by atoms with Crippen LogP contribution in [0.3, 0.4) is 0 Å². The summed E-state index contributed by atoms with van der Waals surface area (Å²) in [6.45, 7) is 8.67. The van der Waals surface area contributed by atoms with Crippen molar-refractivity contribution in [3.05, 3.63) is 120 Å². The number of aliphatic hydroxyl groups excluding tert-OH is 2. The van der Waals surface area contributed by atoms with Crippen molar-refractivity contribution >= 4 is 113 Å². The number of aliphatic carboxylic acids is 1. The Bertz CT molecular complexity index is 3710. The maximum atomic E-state index is 15.1. The lowest BCUT2D eigenvalue weighted by atomic mass is 10.0. The summed E-state index contributed by atoms with van der Waals surface area (Å²) in [5.41, 5.74) is 14.0. The molecule has 0 aliphatic heterocycles. The highest BCUT2D eigenvalue weighted by Gasteiger charge is 2.38. The van der Waals surface area contributed by atoms with Gasteiger partial charge in [0.05, 0.1) is 25.1 Å². The Morgan fingerprint density at radius 3 is 1.47 bits per heavy atom. The summed E-state index contributed by atoms with van der Waals surface area (Å²) in [7, 11) is 0. The number of carbonyl (C=O) groups excluding carboxylic acids is 12. The number of rotatable bonds is 42. The molecule has 0 radical (unpaired) electrons. The third kappa shape index (κ3) is 27.0. The number of H-pyrrole nitrogens is 2. The highest BCUT2D eigenvalue weighted by Crippen LogP contribution is 2.21. The van der Waals surface area contributed by atoms with Gasteiger partial charge >= 0.3 is 5.97 Å². The minimum atomic E-state index is -1.71. The standard InChI is InChI=1S/C68H94N16O17S2/c1-34(2)22-44(69)58(90)84-56(37(6)86)67(99)80-49(24-38-12-8-7-9-13-38)63(95)83-53(31-102)65(97)79-51(27-41-29-71-33-73-41)64(96)77-48(25-39-16-18-42(87)19-17-39)62(94)78-50(26-40-28-72-45-15-11-10-14-43(40)45)60(92)74-36(5)57(89)75-46(20-21-55(70)88)59(91)76-47(23-35(3)4)61(93)82-54(32-103)66(98)81-52(30-85)68(100)101/h7-19,28-29,33-37,44,46-54,56,72,85-87,102-103H,20-27,30-32,69H2,1-6H3,(H2,70,88)(H,71,73)(H,74,92)(H,75,89)(H,76,91)(H,77,96)(H,78,94)(H,79,97)(H,80,99)(H,81,98)(H,82,93)(H,83,95)(H,84,90)(H,100,101)/t36-,37+,44-,46-,47-,48-,49-,50-,51-,52-,53-,54-,56-/m0/s1. The summed E-state index contributed by atoms with van der Waals surface area (Å²) < 4.78 is 0. The molecule has 2 aromatic heterocycles. The van der Waals surface area contributed by atoms with Crippen molar-refractivity contribution in [2.45, 2.75) is 172 Å². The van der Waals surface area contributed by atoms with Gasteiger partial charge in [0.1, 0.15) is 72.2 Å². The number of carbonyl (C=O) groups is 13. The Labute approximate surface area is 605 Å². The fraction of sp³-hybridized carbons (Fsp3) is 0.471. The number of aliphatic hydroxyl groups is 2. The van der Waals surface area contributed by atoms with Gasteiger partial charge < -0.3 is 100 Å². The number of carboxylic acid groups (broad SMARTS) is 1. The Morgan fingerprint density at radius 1 is 0.495 bits per heavy atom. The maximum Gasteiger partial charge on any atom is 0.328 e. The molecular formula is C68H94N16O17S2. The van der Waals surface area contributed by atoms with Crippen molar-refractivity contribution in [2.75, 3.05) is 18.1 Å². The van der Waals surface area contributed by atoms with E-state index in [0.717, 1.165) is 0 Å². The predicted molar refractivity (Wildman–Crippen MR) is 383 cm³/mol. The number of nitrogens with zero attached hydrogens (tertiary/aromatic N) is 1. The number of hydrogen-bond donors (Lipinski definition) is 21. The number of nitrogens with one attached hydrogen (secondary N) is 13. The molecule has 3 aromatic carbocycles. The van der Waals surface area contributed by atoms with E-state index in [1.807, 2.05) is 13.8 Å². The van der Waals surface area contributed by atoms with Crippen LogP contribution >= 0.6 is 25.3 Å². The number of para-hydroxylation sites is 1. The molecule has 21 N–H and O–H groups in total. The van der Waals surface area contributed by atoms with E-state index in [9.17, 15) is 78.0 Å². The van der Waals surface area contributed by atoms with Gasteiger partial charge in [0.25, 0.3) is 0 Å². The molecule has 5 aromatic rings. The van der Waals surface area contributed by atoms with Gasteiger partial charge in [-0.1, -0.05) is 88.4 Å². The second-order valence-corrected chi connectivity index (χ2v) is 26.4. The van der Waals surface area contributed by atoms with Crippen molar-refractivity contribution in [1.82, 2.24) is 73.4 Å². The molecule has 0 unspecified atom stereocenters. The van der Waals surface area contributed by atoms with Crippen molar-refractivity contribution in [2.24, 2.45) is 23.3 Å². The second-order valence-electron chi connectivity index (χ2n) is 25.7. The second kappa shape index (κ2) is 41.1. The molecular weight excluding hydrogens is 1380 g/mol. The lowest BCUT2D eigenvalue weighted by Crippen LogP contribution is -2.62. The van der Waals surface area contributed by atoms with Crippen LogP contribution in [-0.2, 0) is 88.0 Å². The Morgan fingerprint density at radius 2 is 0.951 bits per heavy atom. The number of aromatic hydroxyl groups is 1. The molecule has 12 amide bonds. The van der Waals surface area contributed by atoms with Gasteiger partial charge in [-0.25, -0.2) is 9.78 Å². The number of aromatic nitrogens is 3. The van der Waals surface area contributed by atoms with Gasteiger partial charge in [0.15, 0.2) is 0 Å². The smallest absolute Gasteiger partial charge is 0.328 e. The number of primary amides is 1. The van der Waals surface area contributed by atoms with Gasteiger partial charge in [-0.15, -0.1) is 0 Å². The monoisotopic (exact) mass is 1470 g/mol. The number of phenolic OH excluding ortho intramolecular Hbond substituents is 1. The maximum absolute atomic E-state index is 15.1. The Kier molecular flexibility index (Phi) is 33.4. The summed E-state index contributed by atoms with van der Waals surface area (Å²) in [5, 5.41) is 68.1. The van der Waals surface area contributed by atoms with Crippen LogP contribution in [0, 0.1) is 11.8 Å². The van der Waals surface area contributed by atoms with E-state index < -0.39 is 175 Å². The number of nitrogens with two attached hydrogens (primary N) is 2. The lowest BCUT2D eigenvalue weighted by Gasteiger charge is -2.28. The highest BCUT2D eigenvalue weighted by molar-refractivity contribution is 7.80. The van der Waals surface area contributed by atoms with Crippen molar-refractivity contribution < 1.29 is 82.8 Å². The molecule has 0 spiro atoms. The molecule has 0 aliphatic rings. The number of phenols is 1. The van der Waals surface area contributed by atoms with Crippen LogP contribution in [0.15, 0.2) is 97.6 Å². The SMILES string of the molecule is CC(C)C[C@H](NC(=O)[C@H](CCC(N)=O)NC(=O)[C@H](C)NC(=O)[C@H](Cc1c[nH]c2ccccc12)NC(=O)[C@H](Cc1ccc(O)cc1)NC(=O)[C@H](Cc1cnc[nH]1)NC(=O)[C@H](CS)NC(=O)[C@H](Cc1ccccc1)NC(=O)[C@@H](NC(=O)[C@@H](N)CC(C)C)[C@@H](C)O)C(=O)N[C@@H](CS)C(=O)N[C@@H](CO)C(=O)O. The van der Waals surface area contributed by atoms with Gasteiger partial charge in [-0.05, 0) is 79.8 Å². The zero-order valence-electron chi connectivity index (χ0n) is 57.8. The zero-order chi connectivity index (χ0) is 76.2.